The van der Waals surface area contributed by atoms with Crippen LogP contribution in [0.15, 0.2) is 84.2 Å². The van der Waals surface area contributed by atoms with Crippen LogP contribution in [0.1, 0.15) is 18.9 Å². The predicted molar refractivity (Wildman–Crippen MR) is 160 cm³/mol. The molecule has 0 radical (unpaired) electrons. The number of hydrogen-bond donors (Lipinski definition) is 0. The summed E-state index contributed by atoms with van der Waals surface area (Å²) in [6.45, 7) is 3.28. The molecule has 10 nitrogen and oxygen atoms in total. The van der Waals surface area contributed by atoms with Gasteiger partial charge in [-0.05, 0) is 48.9 Å². The maximum absolute atomic E-state index is 12.3. The summed E-state index contributed by atoms with van der Waals surface area (Å²) in [5, 5.41) is 13.9. The first-order valence-electron chi connectivity index (χ1n) is 12.7. The van der Waals surface area contributed by atoms with E-state index in [2.05, 4.69) is 26.2 Å². The van der Waals surface area contributed by atoms with Crippen LogP contribution in [0.4, 0.5) is 4.79 Å². The van der Waals surface area contributed by atoms with Crippen LogP contribution in [0.3, 0.4) is 0 Å². The molecule has 2 aromatic carbocycles. The van der Waals surface area contributed by atoms with Gasteiger partial charge in [-0.1, -0.05) is 52.9 Å². The molecule has 0 saturated carbocycles. The highest BCUT2D eigenvalue weighted by Crippen LogP contribution is 2.35. The second kappa shape index (κ2) is 15.0. The van der Waals surface area contributed by atoms with Crippen LogP contribution >= 0.6 is 34.8 Å². The molecule has 0 unspecified atom stereocenters. The molecule has 0 atom stereocenters. The lowest BCUT2D eigenvalue weighted by atomic mass is 10.1. The van der Waals surface area contributed by atoms with Gasteiger partial charge >= 0.3 is 6.03 Å². The molecule has 0 aliphatic carbocycles. The third-order valence-electron chi connectivity index (χ3n) is 5.64. The average Bonchev–Trinajstić information content (AvgIpc) is 3.72. The molecular weight excluding hydrogens is 601 g/mol. The number of carbonyl (C=O) groups excluding carboxylic acids is 1. The van der Waals surface area contributed by atoms with Crippen molar-refractivity contribution in [2.75, 3.05) is 19.7 Å². The van der Waals surface area contributed by atoms with Crippen molar-refractivity contribution < 1.29 is 14.1 Å². The van der Waals surface area contributed by atoms with Crippen LogP contribution in [0.25, 0.3) is 22.8 Å². The maximum atomic E-state index is 12.3. The number of aromatic nitrogens is 5. The summed E-state index contributed by atoms with van der Waals surface area (Å²) in [4.78, 5) is 26.2. The van der Waals surface area contributed by atoms with E-state index in [1.54, 1.807) is 60.0 Å². The van der Waals surface area contributed by atoms with E-state index in [1.165, 1.54) is 10.9 Å². The number of rotatable bonds is 8. The molecule has 0 saturated heterocycles. The zero-order chi connectivity index (χ0) is 29.9. The van der Waals surface area contributed by atoms with E-state index in [0.29, 0.717) is 51.2 Å². The number of ether oxygens (including phenoxy) is 1. The fourth-order valence-corrected chi connectivity index (χ4v) is 4.63. The highest BCUT2D eigenvalue weighted by atomic mass is 35.5. The standard InChI is InChI=1S/C15H16Cl3N3O2.C14H8N4O/c1-2-4-20(15(22)21-5-3-19-10-21)6-7-23-14-12(17)8-11(16)9-13(14)18;15-8-10-3-1-4-11(7-10)14-17-13(18-19-14)12-5-2-6-16-9-12/h3,5,8-10H,2,4,6-7H2,1H3;1-7,9H. The van der Waals surface area contributed by atoms with Crippen molar-refractivity contribution in [3.63, 3.8) is 0 Å². The van der Waals surface area contributed by atoms with E-state index < -0.39 is 0 Å². The van der Waals surface area contributed by atoms with E-state index in [-0.39, 0.29) is 12.6 Å². The number of nitrogens with zero attached hydrogens (tertiary/aromatic N) is 7. The van der Waals surface area contributed by atoms with E-state index in [4.69, 9.17) is 49.3 Å². The average molecular weight is 625 g/mol. The Morgan fingerprint density at radius 1 is 1.05 bits per heavy atom. The van der Waals surface area contributed by atoms with Crippen LogP contribution in [0, 0.1) is 11.3 Å². The molecule has 42 heavy (non-hydrogen) atoms. The molecule has 3 heterocycles. The van der Waals surface area contributed by atoms with Gasteiger partial charge in [0.25, 0.3) is 5.89 Å². The highest BCUT2D eigenvalue weighted by molar-refractivity contribution is 6.40. The number of carbonyl (C=O) groups is 1. The van der Waals surface area contributed by atoms with Gasteiger partial charge in [0.05, 0.1) is 28.2 Å². The van der Waals surface area contributed by atoms with Gasteiger partial charge in [-0.25, -0.2) is 9.78 Å². The van der Waals surface area contributed by atoms with Crippen molar-refractivity contribution in [2.24, 2.45) is 0 Å². The lowest BCUT2D eigenvalue weighted by Crippen LogP contribution is -2.37. The zero-order valence-electron chi connectivity index (χ0n) is 22.3. The first kappa shape index (κ1) is 30.5. The minimum Gasteiger partial charge on any atom is -0.489 e. The highest BCUT2D eigenvalue weighted by Gasteiger charge is 2.16. The minimum atomic E-state index is -0.152. The Kier molecular flexibility index (Phi) is 10.9. The van der Waals surface area contributed by atoms with Crippen LogP contribution in [0.2, 0.25) is 15.1 Å². The van der Waals surface area contributed by atoms with Crippen molar-refractivity contribution in [3.8, 4) is 34.7 Å². The fourth-order valence-electron chi connectivity index (χ4n) is 3.71. The van der Waals surface area contributed by atoms with Crippen LogP contribution in [0.5, 0.6) is 5.75 Å². The Hall–Kier alpha value is -4.43. The van der Waals surface area contributed by atoms with Crippen molar-refractivity contribution >= 4 is 40.8 Å². The van der Waals surface area contributed by atoms with Gasteiger partial charge in [0.2, 0.25) is 5.82 Å². The second-order valence-corrected chi connectivity index (χ2v) is 9.89. The van der Waals surface area contributed by atoms with Crippen LogP contribution in [-0.4, -0.2) is 55.3 Å². The van der Waals surface area contributed by atoms with Crippen molar-refractivity contribution in [1.29, 1.82) is 5.26 Å². The zero-order valence-corrected chi connectivity index (χ0v) is 24.6. The maximum Gasteiger partial charge on any atom is 0.329 e. The molecule has 0 spiro atoms. The van der Waals surface area contributed by atoms with Crippen molar-refractivity contribution in [1.82, 2.24) is 29.6 Å². The second-order valence-electron chi connectivity index (χ2n) is 8.64. The first-order chi connectivity index (χ1) is 20.4. The summed E-state index contributed by atoms with van der Waals surface area (Å²) >= 11 is 18.0. The number of nitriles is 1. The van der Waals surface area contributed by atoms with E-state index in [1.807, 2.05) is 25.1 Å². The number of benzene rings is 2. The molecule has 5 aromatic rings. The third kappa shape index (κ3) is 8.07. The normalized spacial score (nSPS) is 10.4. The SMILES string of the molecule is CCCN(CCOc1c(Cl)cc(Cl)cc1Cl)C(=O)n1ccnc1.N#Cc1cccc(-c2nc(-c3cccnc3)no2)c1. The summed E-state index contributed by atoms with van der Waals surface area (Å²) in [6.07, 6.45) is 8.83. The van der Waals surface area contributed by atoms with Gasteiger partial charge in [0.15, 0.2) is 5.75 Å². The largest absolute Gasteiger partial charge is 0.489 e. The van der Waals surface area contributed by atoms with Crippen LogP contribution < -0.4 is 4.74 Å². The number of pyridine rings is 1. The summed E-state index contributed by atoms with van der Waals surface area (Å²) in [5.41, 5.74) is 2.06. The number of imidazole rings is 1. The fraction of sp³-hybridized carbons (Fsp3) is 0.172. The predicted octanol–water partition coefficient (Wildman–Crippen LogP) is 7.27. The lowest BCUT2D eigenvalue weighted by Gasteiger charge is -2.22. The quantitative estimate of drug-likeness (QED) is 0.177. The van der Waals surface area contributed by atoms with Crippen molar-refractivity contribution in [2.45, 2.75) is 13.3 Å². The summed E-state index contributed by atoms with van der Waals surface area (Å²) < 4.78 is 12.3. The molecule has 1 amide bonds. The Bertz CT molecular complexity index is 1630. The molecule has 214 valence electrons. The summed E-state index contributed by atoms with van der Waals surface area (Å²) in [5.74, 6) is 1.23. The molecule has 0 aliphatic heterocycles. The smallest absolute Gasteiger partial charge is 0.329 e. The van der Waals surface area contributed by atoms with E-state index in [9.17, 15) is 4.79 Å². The molecule has 0 N–H and O–H groups in total. The van der Waals surface area contributed by atoms with E-state index >= 15 is 0 Å². The van der Waals surface area contributed by atoms with Gasteiger partial charge in [-0.2, -0.15) is 10.2 Å². The molecule has 0 aliphatic rings. The molecule has 0 fully saturated rings. The monoisotopic (exact) mass is 623 g/mol. The van der Waals surface area contributed by atoms with Gasteiger partial charge in [0, 0.05) is 47.5 Å². The van der Waals surface area contributed by atoms with Gasteiger partial charge in [-0.15, -0.1) is 0 Å². The van der Waals surface area contributed by atoms with Gasteiger partial charge in [-0.3, -0.25) is 9.55 Å². The Morgan fingerprint density at radius 2 is 1.83 bits per heavy atom. The number of hydrogen-bond acceptors (Lipinski definition) is 8. The lowest BCUT2D eigenvalue weighted by molar-refractivity contribution is 0.184. The number of amides is 1. The Balaban J connectivity index is 0.000000196. The molecule has 3 aromatic heterocycles. The summed E-state index contributed by atoms with van der Waals surface area (Å²) in [6, 6.07) is 15.7. The first-order valence-corrected chi connectivity index (χ1v) is 13.8. The Labute approximate surface area is 257 Å². The number of halogens is 3. The van der Waals surface area contributed by atoms with Crippen LogP contribution in [-0.2, 0) is 0 Å². The molecule has 0 bridgehead atoms. The van der Waals surface area contributed by atoms with Gasteiger partial charge in [0.1, 0.15) is 12.9 Å². The third-order valence-corrected chi connectivity index (χ3v) is 6.42. The van der Waals surface area contributed by atoms with Gasteiger partial charge < -0.3 is 14.2 Å². The Morgan fingerprint density at radius 3 is 2.50 bits per heavy atom. The molecular formula is C29H24Cl3N7O3. The summed E-state index contributed by atoms with van der Waals surface area (Å²) in [7, 11) is 0. The van der Waals surface area contributed by atoms with E-state index in [0.717, 1.165) is 17.5 Å². The minimum absolute atomic E-state index is 0.152. The molecule has 13 heteroatoms. The van der Waals surface area contributed by atoms with Crippen molar-refractivity contribution in [3.05, 3.63) is 100 Å². The topological polar surface area (TPSA) is 123 Å². The molecule has 5 rings (SSSR count).